The quantitative estimate of drug-likeness (QED) is 0.0833. The molecule has 4 N–H and O–H groups in total. The van der Waals surface area contributed by atoms with Gasteiger partial charge in [0, 0.05) is 95.3 Å². The van der Waals surface area contributed by atoms with Crippen molar-refractivity contribution in [2.24, 2.45) is 5.92 Å². The van der Waals surface area contributed by atoms with Crippen molar-refractivity contribution in [2.75, 3.05) is 55.6 Å². The highest BCUT2D eigenvalue weighted by molar-refractivity contribution is 7.22. The summed E-state index contributed by atoms with van der Waals surface area (Å²) < 4.78 is 0.801. The molecule has 1 unspecified atom stereocenters. The van der Waals surface area contributed by atoms with E-state index in [-0.39, 0.29) is 35.7 Å². The Morgan fingerprint density at radius 3 is 2.23 bits per heavy atom. The van der Waals surface area contributed by atoms with E-state index in [1.54, 1.807) is 47.4 Å². The molecule has 3 amide bonds. The number of amides is 3. The van der Waals surface area contributed by atoms with Crippen LogP contribution in [0, 0.1) is 5.92 Å². The highest BCUT2D eigenvalue weighted by atomic mass is 32.1. The molecular formula is C46H48BN5O7S. The molecule has 0 spiro atoms. The Labute approximate surface area is 353 Å². The average Bonchev–Trinajstić information content (AvgIpc) is 3.80. The summed E-state index contributed by atoms with van der Waals surface area (Å²) in [7, 11) is -1.58. The first kappa shape index (κ1) is 39.9. The van der Waals surface area contributed by atoms with Crippen molar-refractivity contribution in [3.05, 3.63) is 107 Å². The summed E-state index contributed by atoms with van der Waals surface area (Å²) in [4.78, 5) is 61.1. The van der Waals surface area contributed by atoms with Gasteiger partial charge in [-0.3, -0.25) is 29.4 Å². The Balaban J connectivity index is 0.742. The molecule has 3 saturated heterocycles. The minimum absolute atomic E-state index is 0.101. The molecular weight excluding hydrogens is 777 g/mol. The minimum atomic E-state index is -1.58. The molecule has 308 valence electrons. The molecule has 1 atom stereocenters. The van der Waals surface area contributed by atoms with E-state index in [1.165, 1.54) is 24.2 Å². The van der Waals surface area contributed by atoms with Gasteiger partial charge < -0.3 is 29.9 Å². The lowest BCUT2D eigenvalue weighted by Gasteiger charge is -2.37. The van der Waals surface area contributed by atoms with Crippen LogP contribution in [0.15, 0.2) is 84.9 Å². The predicted octanol–water partition coefficient (Wildman–Crippen LogP) is 4.76. The number of piperazine rings is 1. The van der Waals surface area contributed by atoms with Gasteiger partial charge in [0.1, 0.15) is 11.8 Å². The molecule has 0 saturated carbocycles. The van der Waals surface area contributed by atoms with E-state index in [9.17, 15) is 34.3 Å². The number of anilines is 2. The summed E-state index contributed by atoms with van der Waals surface area (Å²) >= 11 is 1.43. The molecule has 60 heavy (non-hydrogen) atoms. The number of nitrogens with one attached hydrogen (secondary N) is 1. The number of hydrogen-bond acceptors (Lipinski definition) is 11. The number of ketones is 1. The van der Waals surface area contributed by atoms with Crippen LogP contribution in [0.4, 0.5) is 11.4 Å². The van der Waals surface area contributed by atoms with E-state index in [2.05, 4.69) is 26.1 Å². The molecule has 0 radical (unpaired) electrons. The summed E-state index contributed by atoms with van der Waals surface area (Å²) in [5, 5.41) is 32.5. The molecule has 1 aromatic heterocycles. The smallest absolute Gasteiger partial charge is 0.488 e. The van der Waals surface area contributed by atoms with Crippen LogP contribution in [0.5, 0.6) is 5.75 Å². The largest absolute Gasteiger partial charge is 0.508 e. The van der Waals surface area contributed by atoms with Gasteiger partial charge in [-0.1, -0.05) is 24.3 Å². The number of rotatable bonds is 11. The van der Waals surface area contributed by atoms with Gasteiger partial charge in [-0.15, -0.1) is 11.3 Å². The van der Waals surface area contributed by atoms with Crippen LogP contribution >= 0.6 is 11.3 Å². The number of phenolic OH excluding ortho intramolecular Hbond substituents is 1. The van der Waals surface area contributed by atoms with Crippen molar-refractivity contribution in [2.45, 2.75) is 51.1 Å². The first-order valence-corrected chi connectivity index (χ1v) is 21.8. The number of nitrogens with zero attached hydrogens (tertiary/aromatic N) is 4. The number of imide groups is 1. The third kappa shape index (κ3) is 8.04. The number of phenols is 1. The summed E-state index contributed by atoms with van der Waals surface area (Å²) in [6, 6.07) is 25.2. The topological polar surface area (TPSA) is 154 Å². The third-order valence-electron chi connectivity index (χ3n) is 12.8. The van der Waals surface area contributed by atoms with Gasteiger partial charge in [-0.05, 0) is 122 Å². The molecule has 0 bridgehead atoms. The Morgan fingerprint density at radius 1 is 0.800 bits per heavy atom. The fraction of sp³-hybridized carbons (Fsp3) is 0.348. The molecule has 4 aliphatic heterocycles. The standard InChI is InChI=1S/C46H48BN5O7S/c53-36-12-14-38-40(27-36)60-44(31-3-7-33(8-4-31)47(58)59)42(38)43(55)30-5-9-34(10-6-30)51-24-22-49(23-25-51)19-1-2-29-17-20-50(21-18-29)35-11-13-37-32(26-35)28-52(46(37)57)39-15-16-41(54)48-45(39)56/h3-14,26-27,29,39,53,58-59H,1-2,15-25,28H2,(H,48,54,56). The van der Waals surface area contributed by atoms with Gasteiger partial charge in [0.25, 0.3) is 5.91 Å². The van der Waals surface area contributed by atoms with Crippen molar-refractivity contribution in [3.8, 4) is 16.2 Å². The van der Waals surface area contributed by atoms with Gasteiger partial charge in [0.15, 0.2) is 5.78 Å². The summed E-state index contributed by atoms with van der Waals surface area (Å²) in [6.07, 6.45) is 5.28. The summed E-state index contributed by atoms with van der Waals surface area (Å²) in [6.45, 7) is 7.27. The molecule has 14 heteroatoms. The zero-order valence-corrected chi connectivity index (χ0v) is 34.2. The normalized spacial score (nSPS) is 18.9. The van der Waals surface area contributed by atoms with Crippen LogP contribution < -0.4 is 20.6 Å². The monoisotopic (exact) mass is 825 g/mol. The molecule has 4 aromatic carbocycles. The highest BCUT2D eigenvalue weighted by Gasteiger charge is 2.39. The number of thiophene rings is 1. The van der Waals surface area contributed by atoms with Crippen molar-refractivity contribution in [3.63, 3.8) is 0 Å². The highest BCUT2D eigenvalue weighted by Crippen LogP contribution is 2.41. The van der Waals surface area contributed by atoms with Gasteiger partial charge in [0.2, 0.25) is 11.8 Å². The van der Waals surface area contributed by atoms with Gasteiger partial charge in [0.05, 0.1) is 0 Å². The minimum Gasteiger partial charge on any atom is -0.508 e. The first-order valence-electron chi connectivity index (χ1n) is 21.0. The average molecular weight is 826 g/mol. The lowest BCUT2D eigenvalue weighted by Crippen LogP contribution is -2.52. The van der Waals surface area contributed by atoms with Crippen LogP contribution in [-0.4, -0.2) is 107 Å². The van der Waals surface area contributed by atoms with Gasteiger partial charge in [-0.25, -0.2) is 0 Å². The lowest BCUT2D eigenvalue weighted by atomic mass is 9.80. The van der Waals surface area contributed by atoms with Crippen molar-refractivity contribution < 1.29 is 34.3 Å². The molecule has 12 nitrogen and oxygen atoms in total. The molecule has 3 fully saturated rings. The van der Waals surface area contributed by atoms with Crippen molar-refractivity contribution in [1.29, 1.82) is 0 Å². The van der Waals surface area contributed by atoms with E-state index in [1.807, 2.05) is 36.4 Å². The van der Waals surface area contributed by atoms with E-state index in [0.29, 0.717) is 41.0 Å². The third-order valence-corrected chi connectivity index (χ3v) is 14.0. The molecule has 0 aliphatic carbocycles. The van der Waals surface area contributed by atoms with Crippen molar-refractivity contribution >= 4 is 68.9 Å². The molecule has 5 heterocycles. The maximum Gasteiger partial charge on any atom is 0.488 e. The maximum atomic E-state index is 14.1. The number of hydrogen-bond donors (Lipinski definition) is 4. The Kier molecular flexibility index (Phi) is 11.2. The summed E-state index contributed by atoms with van der Waals surface area (Å²) in [5.41, 5.74) is 6.13. The number of fused-ring (bicyclic) bond motifs is 2. The second-order valence-electron chi connectivity index (χ2n) is 16.5. The first-order chi connectivity index (χ1) is 29.1. The van der Waals surface area contributed by atoms with E-state index in [0.717, 1.165) is 96.1 Å². The zero-order valence-electron chi connectivity index (χ0n) is 33.4. The molecule has 4 aliphatic rings. The van der Waals surface area contributed by atoms with Crippen molar-refractivity contribution in [1.82, 2.24) is 15.1 Å². The number of piperidine rings is 2. The number of benzene rings is 4. The van der Waals surface area contributed by atoms with Crippen LogP contribution in [-0.2, 0) is 16.1 Å². The fourth-order valence-electron chi connectivity index (χ4n) is 9.36. The van der Waals surface area contributed by atoms with Crippen LogP contribution in [0.3, 0.4) is 0 Å². The SMILES string of the molecule is O=C1CCC(N2Cc3cc(N4CCC(CCCN5CCN(c6ccc(C(=O)c7c(-c8ccc(B(O)O)cc8)sc8cc(O)ccc78)cc6)CC5)CC4)ccc3C2=O)C(=O)N1. The Morgan fingerprint density at radius 2 is 1.52 bits per heavy atom. The number of aromatic hydroxyl groups is 1. The van der Waals surface area contributed by atoms with E-state index >= 15 is 0 Å². The molecule has 5 aromatic rings. The van der Waals surface area contributed by atoms with Gasteiger partial charge in [-0.2, -0.15) is 0 Å². The van der Waals surface area contributed by atoms with Gasteiger partial charge >= 0.3 is 7.12 Å². The number of carbonyl (C=O) groups is 4. The van der Waals surface area contributed by atoms with E-state index in [4.69, 9.17) is 0 Å². The summed E-state index contributed by atoms with van der Waals surface area (Å²) in [5.74, 6) is -0.0729. The fourth-order valence-corrected chi connectivity index (χ4v) is 10.6. The Hall–Kier alpha value is -5.54. The van der Waals surface area contributed by atoms with Crippen LogP contribution in [0.2, 0.25) is 0 Å². The maximum absolute atomic E-state index is 14.1. The second-order valence-corrected chi connectivity index (χ2v) is 17.6. The molecule has 9 rings (SSSR count). The van der Waals surface area contributed by atoms with Crippen LogP contribution in [0.1, 0.15) is 70.4 Å². The zero-order chi connectivity index (χ0) is 41.5. The Bertz CT molecular complexity index is 2440. The lowest BCUT2D eigenvalue weighted by molar-refractivity contribution is -0.136. The second kappa shape index (κ2) is 16.8. The number of carbonyl (C=O) groups excluding carboxylic acids is 4. The van der Waals surface area contributed by atoms with E-state index < -0.39 is 13.2 Å². The predicted molar refractivity (Wildman–Crippen MR) is 234 cm³/mol. The van der Waals surface area contributed by atoms with Crippen LogP contribution in [0.25, 0.3) is 20.5 Å².